The molecule has 0 radical (unpaired) electrons. The van der Waals surface area contributed by atoms with Crippen molar-refractivity contribution in [2.75, 3.05) is 6.54 Å². The van der Waals surface area contributed by atoms with Gasteiger partial charge in [-0.1, -0.05) is 29.3 Å². The van der Waals surface area contributed by atoms with Crippen LogP contribution in [0.5, 0.6) is 0 Å². The molecule has 3 rings (SSSR count). The number of hydrogen-bond donors (Lipinski definition) is 0. The first-order chi connectivity index (χ1) is 9.24. The molecule has 0 unspecified atom stereocenters. The molecule has 1 aliphatic heterocycles. The zero-order valence-corrected chi connectivity index (χ0v) is 11.8. The summed E-state index contributed by atoms with van der Waals surface area (Å²) in [4.78, 5) is 10.7. The van der Waals surface area contributed by atoms with Gasteiger partial charge < -0.3 is 0 Å². The molecule has 0 N–H and O–H groups in total. The first-order valence-corrected chi connectivity index (χ1v) is 6.92. The Balaban J connectivity index is 1.78. The third-order valence-corrected chi connectivity index (χ3v) is 4.21. The maximum absolute atomic E-state index is 6.25. The molecule has 19 heavy (non-hydrogen) atoms. The highest BCUT2D eigenvalue weighted by Gasteiger charge is 2.20. The molecule has 0 spiro atoms. The van der Waals surface area contributed by atoms with Crippen LogP contribution >= 0.6 is 23.2 Å². The second kappa shape index (κ2) is 5.45. The molecular weight excluding hydrogens is 281 g/mol. The van der Waals surface area contributed by atoms with Crippen molar-refractivity contribution >= 4 is 23.2 Å². The van der Waals surface area contributed by atoms with Gasteiger partial charge in [-0.3, -0.25) is 14.9 Å². The Morgan fingerprint density at radius 1 is 1.21 bits per heavy atom. The molecule has 0 bridgehead atoms. The quantitative estimate of drug-likeness (QED) is 0.850. The number of rotatable bonds is 2. The maximum Gasteiger partial charge on any atom is 0.0726 e. The molecule has 2 heterocycles. The minimum absolute atomic E-state index is 0.641. The van der Waals surface area contributed by atoms with E-state index in [4.69, 9.17) is 23.2 Å². The van der Waals surface area contributed by atoms with Crippen LogP contribution in [0.25, 0.3) is 0 Å². The Morgan fingerprint density at radius 3 is 2.89 bits per heavy atom. The van der Waals surface area contributed by atoms with Gasteiger partial charge in [0.05, 0.1) is 15.7 Å². The van der Waals surface area contributed by atoms with Crippen LogP contribution in [0, 0.1) is 0 Å². The molecule has 0 atom stereocenters. The SMILES string of the molecule is Clc1ccc2c(c1Cl)CCN(Cc1cnccn1)C2. The standard InChI is InChI=1S/C14H13Cl2N3/c15-13-2-1-10-8-19(6-3-12(10)14(13)16)9-11-7-17-4-5-18-11/h1-2,4-5,7H,3,6,8-9H2. The first kappa shape index (κ1) is 12.9. The summed E-state index contributed by atoms with van der Waals surface area (Å²) in [5, 5.41) is 1.35. The lowest BCUT2D eigenvalue weighted by Gasteiger charge is -2.29. The van der Waals surface area contributed by atoms with Crippen molar-refractivity contribution in [3.8, 4) is 0 Å². The zero-order valence-electron chi connectivity index (χ0n) is 10.3. The van der Waals surface area contributed by atoms with Gasteiger partial charge in [-0.2, -0.15) is 0 Å². The van der Waals surface area contributed by atoms with E-state index in [0.717, 1.165) is 31.7 Å². The number of hydrogen-bond acceptors (Lipinski definition) is 3. The van der Waals surface area contributed by atoms with Gasteiger partial charge in [0.25, 0.3) is 0 Å². The van der Waals surface area contributed by atoms with Gasteiger partial charge >= 0.3 is 0 Å². The number of nitrogens with zero attached hydrogens (tertiary/aromatic N) is 3. The van der Waals surface area contributed by atoms with Gasteiger partial charge in [0, 0.05) is 38.2 Å². The van der Waals surface area contributed by atoms with Crippen LogP contribution in [0.3, 0.4) is 0 Å². The third-order valence-electron chi connectivity index (χ3n) is 3.37. The maximum atomic E-state index is 6.25. The fourth-order valence-electron chi connectivity index (χ4n) is 2.42. The monoisotopic (exact) mass is 293 g/mol. The summed E-state index contributed by atoms with van der Waals surface area (Å²) in [6.07, 6.45) is 6.15. The first-order valence-electron chi connectivity index (χ1n) is 6.17. The van der Waals surface area contributed by atoms with E-state index in [-0.39, 0.29) is 0 Å². The van der Waals surface area contributed by atoms with E-state index in [1.807, 2.05) is 12.3 Å². The normalized spacial score (nSPS) is 15.3. The molecule has 98 valence electrons. The fraction of sp³-hybridized carbons (Fsp3) is 0.286. The summed E-state index contributed by atoms with van der Waals surface area (Å²) in [5.74, 6) is 0. The van der Waals surface area contributed by atoms with Crippen LogP contribution in [-0.4, -0.2) is 21.4 Å². The molecule has 0 saturated heterocycles. The summed E-state index contributed by atoms with van der Waals surface area (Å²) in [6.45, 7) is 2.65. The predicted octanol–water partition coefficient (Wildman–Crippen LogP) is 3.34. The molecule has 0 fully saturated rings. The predicted molar refractivity (Wildman–Crippen MR) is 76.3 cm³/mol. The highest BCUT2D eigenvalue weighted by Crippen LogP contribution is 2.32. The van der Waals surface area contributed by atoms with Crippen LogP contribution in [-0.2, 0) is 19.5 Å². The van der Waals surface area contributed by atoms with Gasteiger partial charge in [-0.05, 0) is 23.6 Å². The number of aromatic nitrogens is 2. The minimum Gasteiger partial charge on any atom is -0.293 e. The highest BCUT2D eigenvalue weighted by molar-refractivity contribution is 6.42. The third kappa shape index (κ3) is 2.73. The summed E-state index contributed by atoms with van der Waals surface area (Å²) in [5.41, 5.74) is 3.43. The summed E-state index contributed by atoms with van der Waals surface area (Å²) in [6, 6.07) is 3.93. The number of benzene rings is 1. The average Bonchev–Trinajstić information content (AvgIpc) is 2.44. The van der Waals surface area contributed by atoms with Crippen molar-refractivity contribution in [1.82, 2.24) is 14.9 Å². The van der Waals surface area contributed by atoms with Crippen LogP contribution in [0.1, 0.15) is 16.8 Å². The van der Waals surface area contributed by atoms with Crippen molar-refractivity contribution in [3.63, 3.8) is 0 Å². The molecular formula is C14H13Cl2N3. The molecule has 1 aromatic heterocycles. The van der Waals surface area contributed by atoms with E-state index in [0.29, 0.717) is 10.0 Å². The molecule has 1 aliphatic rings. The lowest BCUT2D eigenvalue weighted by Crippen LogP contribution is -2.30. The Bertz CT molecular complexity index is 587. The highest BCUT2D eigenvalue weighted by atomic mass is 35.5. The second-order valence-corrected chi connectivity index (χ2v) is 5.44. The number of halogens is 2. The number of fused-ring (bicyclic) bond motifs is 1. The van der Waals surface area contributed by atoms with Crippen LogP contribution in [0.2, 0.25) is 10.0 Å². The Kier molecular flexibility index (Phi) is 3.69. The van der Waals surface area contributed by atoms with Crippen LogP contribution in [0.15, 0.2) is 30.7 Å². The van der Waals surface area contributed by atoms with E-state index in [9.17, 15) is 0 Å². The van der Waals surface area contributed by atoms with Crippen LogP contribution in [0.4, 0.5) is 0 Å². The van der Waals surface area contributed by atoms with E-state index in [2.05, 4.69) is 20.9 Å². The van der Waals surface area contributed by atoms with Gasteiger partial charge in [0.1, 0.15) is 0 Å². The summed E-state index contributed by atoms with van der Waals surface area (Å²) >= 11 is 12.3. The van der Waals surface area contributed by atoms with Gasteiger partial charge in [-0.25, -0.2) is 0 Å². The molecule has 0 aliphatic carbocycles. The average molecular weight is 294 g/mol. The van der Waals surface area contributed by atoms with Crippen molar-refractivity contribution in [2.24, 2.45) is 0 Å². The van der Waals surface area contributed by atoms with Gasteiger partial charge in [0.15, 0.2) is 0 Å². The van der Waals surface area contributed by atoms with Crippen molar-refractivity contribution in [2.45, 2.75) is 19.5 Å². The Hall–Kier alpha value is -1.16. The largest absolute Gasteiger partial charge is 0.293 e. The van der Waals surface area contributed by atoms with E-state index in [1.165, 1.54) is 11.1 Å². The topological polar surface area (TPSA) is 29.0 Å². The van der Waals surface area contributed by atoms with Gasteiger partial charge in [-0.15, -0.1) is 0 Å². The van der Waals surface area contributed by atoms with Gasteiger partial charge in [0.2, 0.25) is 0 Å². The smallest absolute Gasteiger partial charge is 0.0726 e. The van der Waals surface area contributed by atoms with E-state index < -0.39 is 0 Å². The summed E-state index contributed by atoms with van der Waals surface area (Å²) < 4.78 is 0. The molecule has 0 amide bonds. The molecule has 2 aromatic rings. The minimum atomic E-state index is 0.641. The Labute approximate surface area is 122 Å². The van der Waals surface area contributed by atoms with Crippen molar-refractivity contribution < 1.29 is 0 Å². The Morgan fingerprint density at radius 2 is 2.11 bits per heavy atom. The molecule has 3 nitrogen and oxygen atoms in total. The van der Waals surface area contributed by atoms with Crippen LogP contribution < -0.4 is 0 Å². The molecule has 0 saturated carbocycles. The lowest BCUT2D eigenvalue weighted by atomic mass is 9.99. The lowest BCUT2D eigenvalue weighted by molar-refractivity contribution is 0.242. The molecule has 5 heteroatoms. The fourth-order valence-corrected chi connectivity index (χ4v) is 2.87. The van der Waals surface area contributed by atoms with Crippen molar-refractivity contribution in [1.29, 1.82) is 0 Å². The van der Waals surface area contributed by atoms with Crippen molar-refractivity contribution in [3.05, 3.63) is 57.6 Å². The summed E-state index contributed by atoms with van der Waals surface area (Å²) in [7, 11) is 0. The van der Waals surface area contributed by atoms with E-state index in [1.54, 1.807) is 12.4 Å². The zero-order chi connectivity index (χ0) is 13.2. The second-order valence-electron chi connectivity index (χ2n) is 4.66. The molecule has 1 aromatic carbocycles. The van der Waals surface area contributed by atoms with E-state index >= 15 is 0 Å².